The average Bonchev–Trinajstić information content (AvgIpc) is 3.43. The number of amides is 2. The zero-order chi connectivity index (χ0) is 34.2. The van der Waals surface area contributed by atoms with Crippen molar-refractivity contribution in [3.8, 4) is 0 Å². The smallest absolute Gasteiger partial charge is 0.224 e. The molecule has 0 saturated carbocycles. The highest BCUT2D eigenvalue weighted by Crippen LogP contribution is 2.18. The van der Waals surface area contributed by atoms with Crippen molar-refractivity contribution in [3.05, 3.63) is 71.7 Å². The normalized spacial score (nSPS) is 13.5. The summed E-state index contributed by atoms with van der Waals surface area (Å²) in [4.78, 5) is 30.3. The van der Waals surface area contributed by atoms with E-state index in [9.17, 15) is 9.59 Å². The van der Waals surface area contributed by atoms with Crippen molar-refractivity contribution in [1.82, 2.24) is 25.2 Å². The summed E-state index contributed by atoms with van der Waals surface area (Å²) in [5.41, 5.74) is 11.5. The SMILES string of the molecule is C=C/C(=C\C(NC=O)=C(\C)C(C)CC)NC(=O)CC.CCCCCCC(C)CC.CN=C/C(=C\N)c1cn2ncc(C)c2cn1. The van der Waals surface area contributed by atoms with E-state index in [0.29, 0.717) is 30.1 Å². The van der Waals surface area contributed by atoms with Gasteiger partial charge in [0.05, 0.1) is 29.8 Å². The Labute approximate surface area is 272 Å². The number of carbonyl (C=O) groups is 2. The predicted octanol–water partition coefficient (Wildman–Crippen LogP) is 7.69. The van der Waals surface area contributed by atoms with Gasteiger partial charge in [0.25, 0.3) is 0 Å². The number of fused-ring (bicyclic) bond motifs is 1. The highest BCUT2D eigenvalue weighted by atomic mass is 16.1. The molecular formula is C36H59N7O2. The summed E-state index contributed by atoms with van der Waals surface area (Å²) in [6.07, 6.45) is 22.4. The van der Waals surface area contributed by atoms with Crippen LogP contribution in [-0.4, -0.2) is 40.2 Å². The van der Waals surface area contributed by atoms with Crippen LogP contribution in [0.4, 0.5) is 0 Å². The number of nitrogens with one attached hydrogen (secondary N) is 2. The van der Waals surface area contributed by atoms with Crippen molar-refractivity contribution in [3.63, 3.8) is 0 Å². The first kappa shape index (κ1) is 41.0. The summed E-state index contributed by atoms with van der Waals surface area (Å²) in [5, 5.41) is 9.63. The maximum Gasteiger partial charge on any atom is 0.224 e. The van der Waals surface area contributed by atoms with Crippen LogP contribution in [0.5, 0.6) is 0 Å². The first-order chi connectivity index (χ1) is 21.6. The van der Waals surface area contributed by atoms with Gasteiger partial charge in [0, 0.05) is 42.9 Å². The minimum atomic E-state index is -0.0854. The molecule has 0 spiro atoms. The molecule has 4 N–H and O–H groups in total. The third kappa shape index (κ3) is 16.0. The average molecular weight is 622 g/mol. The molecule has 2 aromatic rings. The molecule has 0 aliphatic heterocycles. The maximum atomic E-state index is 11.4. The number of aliphatic imine (C=N–C) groups is 1. The number of hydrogen-bond acceptors (Lipinski definition) is 6. The minimum Gasteiger partial charge on any atom is -0.404 e. The largest absolute Gasteiger partial charge is 0.404 e. The van der Waals surface area contributed by atoms with Crippen molar-refractivity contribution in [2.24, 2.45) is 22.6 Å². The highest BCUT2D eigenvalue weighted by Gasteiger charge is 2.08. The van der Waals surface area contributed by atoms with Gasteiger partial charge in [-0.05, 0) is 55.4 Å². The Hall–Kier alpha value is -4.01. The standard InChI is InChI=1S/C15H24N2O2.C11H13N5.C10H22/c1-6-11(4)12(5)14(16-10-18)9-13(7-2)17-15(19)8-3;1-8-4-15-16-7-10(14-6-11(8)16)9(3-12)5-13-2;1-4-6-7-8-9-10(3)5-2/h7,9-11H,2,6,8H2,1,3-5H3,(H,16,18)(H,17,19);3-7H,12H2,1-2H3;10H,4-9H2,1-3H3/b13-9+,14-12+;9-3+,13-5?;. The molecule has 9 heteroatoms. The lowest BCUT2D eigenvalue weighted by Crippen LogP contribution is -2.22. The molecule has 0 bridgehead atoms. The second-order valence-electron chi connectivity index (χ2n) is 11.2. The van der Waals surface area contributed by atoms with E-state index in [1.54, 1.807) is 49.2 Å². The molecule has 2 rings (SSSR count). The van der Waals surface area contributed by atoms with E-state index in [1.165, 1.54) is 44.7 Å². The zero-order valence-corrected chi connectivity index (χ0v) is 29.3. The van der Waals surface area contributed by atoms with E-state index in [4.69, 9.17) is 5.73 Å². The van der Waals surface area contributed by atoms with Gasteiger partial charge in [-0.25, -0.2) is 4.52 Å². The predicted molar refractivity (Wildman–Crippen MR) is 191 cm³/mol. The topological polar surface area (TPSA) is 127 Å². The van der Waals surface area contributed by atoms with E-state index in [-0.39, 0.29) is 5.91 Å². The molecule has 45 heavy (non-hydrogen) atoms. The Morgan fingerprint density at radius 3 is 2.38 bits per heavy atom. The lowest BCUT2D eigenvalue weighted by atomic mass is 9.97. The molecule has 2 atom stereocenters. The second kappa shape index (κ2) is 24.3. The summed E-state index contributed by atoms with van der Waals surface area (Å²) in [5.74, 6) is 1.22. The minimum absolute atomic E-state index is 0.0854. The first-order valence-corrected chi connectivity index (χ1v) is 16.3. The third-order valence-electron chi connectivity index (χ3n) is 7.70. The molecule has 2 unspecified atom stereocenters. The number of aromatic nitrogens is 3. The van der Waals surface area contributed by atoms with E-state index in [2.05, 4.69) is 66.9 Å². The molecule has 0 aliphatic carbocycles. The number of hydrogen-bond donors (Lipinski definition) is 3. The Kier molecular flexibility index (Phi) is 22.2. The molecule has 0 aromatic carbocycles. The quantitative estimate of drug-likeness (QED) is 0.0766. The molecule has 0 aliphatic rings. The summed E-state index contributed by atoms with van der Waals surface area (Å²) < 4.78 is 1.78. The highest BCUT2D eigenvalue weighted by molar-refractivity contribution is 6.08. The van der Waals surface area contributed by atoms with Crippen LogP contribution in [0.1, 0.15) is 111 Å². The molecule has 9 nitrogen and oxygen atoms in total. The van der Waals surface area contributed by atoms with Gasteiger partial charge in [-0.3, -0.25) is 19.6 Å². The van der Waals surface area contributed by atoms with E-state index in [1.807, 2.05) is 20.0 Å². The maximum absolute atomic E-state index is 11.4. The molecule has 2 heterocycles. The Morgan fingerprint density at radius 2 is 1.84 bits per heavy atom. The van der Waals surface area contributed by atoms with Gasteiger partial charge in [0.2, 0.25) is 12.3 Å². The Morgan fingerprint density at radius 1 is 1.13 bits per heavy atom. The van der Waals surface area contributed by atoms with Crippen LogP contribution in [0.2, 0.25) is 0 Å². The van der Waals surface area contributed by atoms with Gasteiger partial charge < -0.3 is 16.4 Å². The molecule has 2 aromatic heterocycles. The summed E-state index contributed by atoms with van der Waals surface area (Å²) in [6.45, 7) is 20.5. The van der Waals surface area contributed by atoms with Gasteiger partial charge in [-0.2, -0.15) is 5.10 Å². The first-order valence-electron chi connectivity index (χ1n) is 16.3. The van der Waals surface area contributed by atoms with Crippen LogP contribution in [-0.2, 0) is 9.59 Å². The number of aryl methyl sites for hydroxylation is 1. The van der Waals surface area contributed by atoms with E-state index in [0.717, 1.165) is 40.3 Å². The summed E-state index contributed by atoms with van der Waals surface area (Å²) in [7, 11) is 1.69. The van der Waals surface area contributed by atoms with Gasteiger partial charge in [-0.15, -0.1) is 0 Å². The van der Waals surface area contributed by atoms with E-state index < -0.39 is 0 Å². The van der Waals surface area contributed by atoms with Crippen LogP contribution in [0, 0.1) is 18.8 Å². The van der Waals surface area contributed by atoms with Crippen molar-refractivity contribution in [2.75, 3.05) is 7.05 Å². The van der Waals surface area contributed by atoms with Gasteiger partial charge >= 0.3 is 0 Å². The number of nitrogens with zero attached hydrogens (tertiary/aromatic N) is 4. The molecule has 0 radical (unpaired) electrons. The fourth-order valence-corrected chi connectivity index (χ4v) is 4.06. The Balaban J connectivity index is 0.000000676. The fraction of sp³-hybridized carbons (Fsp3) is 0.528. The fourth-order valence-electron chi connectivity index (χ4n) is 4.06. The van der Waals surface area contributed by atoms with Crippen LogP contribution in [0.15, 0.2) is 65.5 Å². The van der Waals surface area contributed by atoms with E-state index >= 15 is 0 Å². The van der Waals surface area contributed by atoms with Crippen molar-refractivity contribution >= 4 is 29.6 Å². The van der Waals surface area contributed by atoms with Crippen LogP contribution < -0.4 is 16.4 Å². The zero-order valence-electron chi connectivity index (χ0n) is 29.3. The molecule has 250 valence electrons. The van der Waals surface area contributed by atoms with Crippen molar-refractivity contribution in [2.45, 2.75) is 107 Å². The van der Waals surface area contributed by atoms with Crippen molar-refractivity contribution < 1.29 is 9.59 Å². The van der Waals surface area contributed by atoms with Crippen LogP contribution in [0.25, 0.3) is 11.1 Å². The van der Waals surface area contributed by atoms with Gasteiger partial charge in [-0.1, -0.05) is 86.6 Å². The molecule has 0 saturated heterocycles. The molecule has 0 fully saturated rings. The summed E-state index contributed by atoms with van der Waals surface area (Å²) >= 11 is 0. The number of rotatable bonds is 16. The second-order valence-corrected chi connectivity index (χ2v) is 11.2. The van der Waals surface area contributed by atoms with Crippen LogP contribution in [0.3, 0.4) is 0 Å². The van der Waals surface area contributed by atoms with Crippen molar-refractivity contribution in [1.29, 1.82) is 0 Å². The third-order valence-corrected chi connectivity index (χ3v) is 7.70. The lowest BCUT2D eigenvalue weighted by molar-refractivity contribution is -0.120. The van der Waals surface area contributed by atoms with Crippen LogP contribution >= 0.6 is 0 Å². The number of unbranched alkanes of at least 4 members (excludes halogenated alkanes) is 3. The summed E-state index contributed by atoms with van der Waals surface area (Å²) in [6, 6.07) is 0. The van der Waals surface area contributed by atoms with Gasteiger partial charge in [0.1, 0.15) is 0 Å². The number of nitrogens with two attached hydrogens (primary N) is 1. The number of carbonyl (C=O) groups excluding carboxylic acids is 2. The lowest BCUT2D eigenvalue weighted by Gasteiger charge is -2.14. The van der Waals surface area contributed by atoms with Gasteiger partial charge in [0.15, 0.2) is 0 Å². The molecule has 2 amide bonds. The Bertz CT molecular complexity index is 1290. The molecular weight excluding hydrogens is 562 g/mol. The monoisotopic (exact) mass is 621 g/mol. The number of allylic oxidation sites excluding steroid dienone is 4.